The average molecular weight is 561 g/mol. The van der Waals surface area contributed by atoms with Crippen LogP contribution in [0, 0.1) is 12.7 Å². The molecule has 1 aliphatic rings. The summed E-state index contributed by atoms with van der Waals surface area (Å²) in [5.74, 6) is -0.0367. The Balaban J connectivity index is 1.18. The van der Waals surface area contributed by atoms with Gasteiger partial charge in [0.1, 0.15) is 5.82 Å². The third-order valence-corrected chi connectivity index (χ3v) is 7.62. The molecule has 1 fully saturated rings. The monoisotopic (exact) mass is 560 g/mol. The number of rotatable bonds is 7. The molecular formula is C34H33FN6O. The number of aromatic nitrogens is 2. The number of hydrogen-bond acceptors (Lipinski definition) is 6. The van der Waals surface area contributed by atoms with Gasteiger partial charge in [-0.25, -0.2) is 14.4 Å². The Morgan fingerprint density at radius 2 is 1.62 bits per heavy atom. The van der Waals surface area contributed by atoms with Gasteiger partial charge in [-0.2, -0.15) is 0 Å². The maximum atomic E-state index is 13.5. The zero-order chi connectivity index (χ0) is 29.1. The zero-order valence-corrected chi connectivity index (χ0v) is 23.8. The Labute approximate surface area is 245 Å². The van der Waals surface area contributed by atoms with Crippen molar-refractivity contribution in [1.82, 2.24) is 19.8 Å². The van der Waals surface area contributed by atoms with Gasteiger partial charge in [0, 0.05) is 61.2 Å². The van der Waals surface area contributed by atoms with Gasteiger partial charge >= 0.3 is 0 Å². The maximum Gasteiger partial charge on any atom is 0.256 e. The van der Waals surface area contributed by atoms with Crippen LogP contribution in [0.3, 0.4) is 0 Å². The lowest BCUT2D eigenvalue weighted by atomic mass is 9.96. The van der Waals surface area contributed by atoms with E-state index < -0.39 is 0 Å². The summed E-state index contributed by atoms with van der Waals surface area (Å²) >= 11 is 0. The number of nitrogens with zero attached hydrogens (tertiary/aromatic N) is 4. The van der Waals surface area contributed by atoms with E-state index in [4.69, 9.17) is 0 Å². The summed E-state index contributed by atoms with van der Waals surface area (Å²) in [4.78, 5) is 27.3. The third-order valence-electron chi connectivity index (χ3n) is 7.62. The Hall–Kier alpha value is -4.66. The van der Waals surface area contributed by atoms with Gasteiger partial charge < -0.3 is 15.5 Å². The summed E-state index contributed by atoms with van der Waals surface area (Å²) in [5.41, 5.74) is 6.86. The highest BCUT2D eigenvalue weighted by Gasteiger charge is 2.16. The SMILES string of the molecule is Cc1ccc(C(=O)Nc2ccc(CN3CCN(C)CC3)cc2)c(-c2ccc3nc(Nc4ccc(F)cc4)ncc3c2)c1. The molecule has 0 saturated carbocycles. The first-order valence-electron chi connectivity index (χ1n) is 14.1. The van der Waals surface area contributed by atoms with Gasteiger partial charge in [-0.05, 0) is 85.3 Å². The van der Waals surface area contributed by atoms with Crippen LogP contribution in [0.2, 0.25) is 0 Å². The highest BCUT2D eigenvalue weighted by Crippen LogP contribution is 2.29. The summed E-state index contributed by atoms with van der Waals surface area (Å²) in [6.45, 7) is 7.25. The predicted octanol–water partition coefficient (Wildman–Crippen LogP) is 6.49. The van der Waals surface area contributed by atoms with E-state index in [9.17, 15) is 9.18 Å². The third kappa shape index (κ3) is 6.46. The summed E-state index contributed by atoms with van der Waals surface area (Å²) in [5, 5.41) is 7.03. The Kier molecular flexibility index (Phi) is 7.90. The molecule has 0 aliphatic carbocycles. The quantitative estimate of drug-likeness (QED) is 0.237. The van der Waals surface area contributed by atoms with Crippen LogP contribution >= 0.6 is 0 Å². The summed E-state index contributed by atoms with van der Waals surface area (Å²) < 4.78 is 13.2. The van der Waals surface area contributed by atoms with E-state index >= 15 is 0 Å². The fraction of sp³-hybridized carbons (Fsp3) is 0.206. The van der Waals surface area contributed by atoms with Crippen LogP contribution in [0.1, 0.15) is 21.5 Å². The van der Waals surface area contributed by atoms with Gasteiger partial charge in [0.2, 0.25) is 5.95 Å². The van der Waals surface area contributed by atoms with E-state index in [0.717, 1.165) is 66.0 Å². The van der Waals surface area contributed by atoms with Crippen LogP contribution in [-0.4, -0.2) is 58.9 Å². The number of carbonyl (C=O) groups excluding carboxylic acids is 1. The predicted molar refractivity (Wildman–Crippen MR) is 167 cm³/mol. The Morgan fingerprint density at radius 3 is 2.38 bits per heavy atom. The van der Waals surface area contributed by atoms with Gasteiger partial charge in [-0.3, -0.25) is 9.69 Å². The Bertz CT molecular complexity index is 1710. The molecule has 2 heterocycles. The van der Waals surface area contributed by atoms with Crippen molar-refractivity contribution < 1.29 is 9.18 Å². The first kappa shape index (κ1) is 27.5. The number of carbonyl (C=O) groups is 1. The van der Waals surface area contributed by atoms with Gasteiger partial charge in [0.15, 0.2) is 0 Å². The molecule has 7 nitrogen and oxygen atoms in total. The molecule has 1 aromatic heterocycles. The van der Waals surface area contributed by atoms with E-state index in [2.05, 4.69) is 49.6 Å². The van der Waals surface area contributed by atoms with Gasteiger partial charge in [0.05, 0.1) is 5.52 Å². The van der Waals surface area contributed by atoms with Crippen molar-refractivity contribution in [3.63, 3.8) is 0 Å². The lowest BCUT2D eigenvalue weighted by molar-refractivity contribution is 0.102. The molecule has 5 aromatic rings. The van der Waals surface area contributed by atoms with Crippen LogP contribution in [0.25, 0.3) is 22.0 Å². The molecule has 0 bridgehead atoms. The number of anilines is 3. The maximum absolute atomic E-state index is 13.5. The summed E-state index contributed by atoms with van der Waals surface area (Å²) in [7, 11) is 2.16. The number of fused-ring (bicyclic) bond motifs is 1. The topological polar surface area (TPSA) is 73.4 Å². The number of likely N-dealkylation sites (N-methyl/N-ethyl adjacent to an activating group) is 1. The number of amides is 1. The van der Waals surface area contributed by atoms with E-state index in [1.165, 1.54) is 17.7 Å². The fourth-order valence-corrected chi connectivity index (χ4v) is 5.17. The number of aryl methyl sites for hydroxylation is 1. The number of benzene rings is 4. The second kappa shape index (κ2) is 12.1. The molecule has 8 heteroatoms. The van der Waals surface area contributed by atoms with Crippen molar-refractivity contribution in [1.29, 1.82) is 0 Å². The molecule has 1 amide bonds. The van der Waals surface area contributed by atoms with Gasteiger partial charge in [-0.15, -0.1) is 0 Å². The number of hydrogen-bond donors (Lipinski definition) is 2. The number of piperazine rings is 1. The van der Waals surface area contributed by atoms with Crippen molar-refractivity contribution in [3.05, 3.63) is 114 Å². The van der Waals surface area contributed by atoms with Gasteiger partial charge in [-0.1, -0.05) is 35.9 Å². The summed E-state index contributed by atoms with van der Waals surface area (Å²) in [6, 6.07) is 25.9. The molecule has 4 aromatic carbocycles. The minimum absolute atomic E-state index is 0.160. The first-order chi connectivity index (χ1) is 20.4. The van der Waals surface area contributed by atoms with Crippen molar-refractivity contribution in [3.8, 4) is 11.1 Å². The smallest absolute Gasteiger partial charge is 0.256 e. The van der Waals surface area contributed by atoms with Crippen molar-refractivity contribution in [2.24, 2.45) is 0 Å². The fourth-order valence-electron chi connectivity index (χ4n) is 5.17. The van der Waals surface area contributed by atoms with E-state index in [0.29, 0.717) is 17.2 Å². The molecular weight excluding hydrogens is 527 g/mol. The highest BCUT2D eigenvalue weighted by molar-refractivity contribution is 6.09. The standard InChI is InChI=1S/C34H33FN6O/c1-23-3-13-30(33(42)37-28-9-4-24(5-10-28)22-41-17-15-40(2)16-18-41)31(19-23)25-6-14-32-26(20-25)21-36-34(39-32)38-29-11-7-27(35)8-12-29/h3-14,19-21H,15-18,22H2,1-2H3,(H,37,42)(H,36,38,39). The highest BCUT2D eigenvalue weighted by atomic mass is 19.1. The van der Waals surface area contributed by atoms with Gasteiger partial charge in [0.25, 0.3) is 5.91 Å². The lowest BCUT2D eigenvalue weighted by Crippen LogP contribution is -2.43. The molecule has 2 N–H and O–H groups in total. The normalized spacial score (nSPS) is 14.2. The van der Waals surface area contributed by atoms with Crippen LogP contribution < -0.4 is 10.6 Å². The van der Waals surface area contributed by atoms with E-state index in [1.54, 1.807) is 18.3 Å². The van der Waals surface area contributed by atoms with Crippen molar-refractivity contribution in [2.45, 2.75) is 13.5 Å². The minimum Gasteiger partial charge on any atom is -0.324 e. The molecule has 0 unspecified atom stereocenters. The molecule has 6 rings (SSSR count). The van der Waals surface area contributed by atoms with Crippen LogP contribution in [-0.2, 0) is 6.54 Å². The molecule has 212 valence electrons. The molecule has 1 aliphatic heterocycles. The number of halogens is 1. The largest absolute Gasteiger partial charge is 0.324 e. The van der Waals surface area contributed by atoms with E-state index in [1.807, 2.05) is 55.5 Å². The molecule has 1 saturated heterocycles. The minimum atomic E-state index is -0.300. The molecule has 0 spiro atoms. The number of nitrogens with one attached hydrogen (secondary N) is 2. The second-order valence-electron chi connectivity index (χ2n) is 10.9. The molecule has 0 atom stereocenters. The summed E-state index contributed by atoms with van der Waals surface area (Å²) in [6.07, 6.45) is 1.75. The van der Waals surface area contributed by atoms with Crippen LogP contribution in [0.4, 0.5) is 21.7 Å². The lowest BCUT2D eigenvalue weighted by Gasteiger charge is -2.32. The van der Waals surface area contributed by atoms with Crippen molar-refractivity contribution >= 4 is 34.1 Å². The van der Waals surface area contributed by atoms with E-state index in [-0.39, 0.29) is 11.7 Å². The average Bonchev–Trinajstić information content (AvgIpc) is 3.00. The second-order valence-corrected chi connectivity index (χ2v) is 10.9. The van der Waals surface area contributed by atoms with Crippen LogP contribution in [0.5, 0.6) is 0 Å². The van der Waals surface area contributed by atoms with Crippen LogP contribution in [0.15, 0.2) is 91.1 Å². The molecule has 0 radical (unpaired) electrons. The Morgan fingerprint density at radius 1 is 0.881 bits per heavy atom. The van der Waals surface area contributed by atoms with Crippen molar-refractivity contribution in [2.75, 3.05) is 43.9 Å². The molecule has 42 heavy (non-hydrogen) atoms. The zero-order valence-electron chi connectivity index (χ0n) is 23.8. The first-order valence-corrected chi connectivity index (χ1v) is 14.1.